The van der Waals surface area contributed by atoms with Gasteiger partial charge in [-0.3, -0.25) is 0 Å². The van der Waals surface area contributed by atoms with E-state index in [-0.39, 0.29) is 11.3 Å². The van der Waals surface area contributed by atoms with Crippen molar-refractivity contribution in [2.24, 2.45) is 0 Å². The van der Waals surface area contributed by atoms with Crippen LogP contribution in [0.2, 0.25) is 0 Å². The van der Waals surface area contributed by atoms with Gasteiger partial charge in [0, 0.05) is 5.33 Å². The molecule has 0 saturated carbocycles. The third-order valence-corrected chi connectivity index (χ3v) is 2.83. The van der Waals surface area contributed by atoms with Gasteiger partial charge >= 0.3 is 12.6 Å². The van der Waals surface area contributed by atoms with E-state index < -0.39 is 12.6 Å². The zero-order valence-electron chi connectivity index (χ0n) is 9.79. The monoisotopic (exact) mass is 322 g/mol. The second-order valence-electron chi connectivity index (χ2n) is 3.49. The molecule has 0 bridgehead atoms. The summed E-state index contributed by atoms with van der Waals surface area (Å²) in [7, 11) is 1.19. The Morgan fingerprint density at radius 3 is 2.72 bits per heavy atom. The zero-order chi connectivity index (χ0) is 13.5. The number of halogens is 3. The van der Waals surface area contributed by atoms with Crippen molar-refractivity contribution >= 4 is 21.9 Å². The molecule has 0 aliphatic rings. The van der Waals surface area contributed by atoms with Gasteiger partial charge in [-0.1, -0.05) is 22.0 Å². The van der Waals surface area contributed by atoms with Crippen LogP contribution in [-0.4, -0.2) is 25.0 Å². The molecule has 0 aliphatic carbocycles. The minimum Gasteiger partial charge on any atom is -0.465 e. The fourth-order valence-electron chi connectivity index (χ4n) is 1.47. The lowest BCUT2D eigenvalue weighted by Crippen LogP contribution is -2.09. The molecule has 0 unspecified atom stereocenters. The van der Waals surface area contributed by atoms with E-state index in [1.165, 1.54) is 19.2 Å². The van der Waals surface area contributed by atoms with E-state index in [4.69, 9.17) is 0 Å². The Kier molecular flexibility index (Phi) is 6.04. The van der Waals surface area contributed by atoms with Crippen molar-refractivity contribution in [1.82, 2.24) is 0 Å². The molecule has 100 valence electrons. The smallest absolute Gasteiger partial charge is 0.387 e. The molecule has 1 rings (SSSR count). The van der Waals surface area contributed by atoms with E-state index in [0.29, 0.717) is 0 Å². The third kappa shape index (κ3) is 4.25. The Morgan fingerprint density at radius 1 is 1.44 bits per heavy atom. The summed E-state index contributed by atoms with van der Waals surface area (Å²) in [6.45, 7) is -2.97. The molecule has 1 aromatic rings. The highest BCUT2D eigenvalue weighted by Gasteiger charge is 2.16. The van der Waals surface area contributed by atoms with Gasteiger partial charge in [0.2, 0.25) is 0 Å². The van der Waals surface area contributed by atoms with E-state index in [9.17, 15) is 13.6 Å². The first-order valence-corrected chi connectivity index (χ1v) is 6.42. The van der Waals surface area contributed by atoms with Crippen LogP contribution in [0.5, 0.6) is 5.75 Å². The Labute approximate surface area is 112 Å². The Bertz CT molecular complexity index is 410. The normalized spacial score (nSPS) is 10.5. The van der Waals surface area contributed by atoms with E-state index in [2.05, 4.69) is 25.4 Å². The van der Waals surface area contributed by atoms with Crippen molar-refractivity contribution in [2.45, 2.75) is 19.5 Å². The Morgan fingerprint density at radius 2 is 2.17 bits per heavy atom. The van der Waals surface area contributed by atoms with E-state index in [0.717, 1.165) is 23.7 Å². The summed E-state index contributed by atoms with van der Waals surface area (Å²) >= 11 is 3.30. The molecule has 0 radical (unpaired) electrons. The van der Waals surface area contributed by atoms with Gasteiger partial charge in [0.05, 0.1) is 7.11 Å². The lowest BCUT2D eigenvalue weighted by Gasteiger charge is -2.11. The average Bonchev–Trinajstić information content (AvgIpc) is 2.36. The molecule has 0 fully saturated rings. The summed E-state index contributed by atoms with van der Waals surface area (Å²) in [5, 5.41) is 0.829. The van der Waals surface area contributed by atoms with Crippen molar-refractivity contribution < 1.29 is 23.0 Å². The predicted molar refractivity (Wildman–Crippen MR) is 66.5 cm³/mol. The van der Waals surface area contributed by atoms with Gasteiger partial charge < -0.3 is 9.47 Å². The first-order valence-electron chi connectivity index (χ1n) is 5.30. The van der Waals surface area contributed by atoms with Gasteiger partial charge in [0.25, 0.3) is 0 Å². The quantitative estimate of drug-likeness (QED) is 0.594. The van der Waals surface area contributed by atoms with Gasteiger partial charge in [-0.25, -0.2) is 4.79 Å². The van der Waals surface area contributed by atoms with Crippen LogP contribution in [0.3, 0.4) is 0 Å². The second kappa shape index (κ2) is 7.31. The zero-order valence-corrected chi connectivity index (χ0v) is 11.4. The number of benzene rings is 1. The van der Waals surface area contributed by atoms with E-state index >= 15 is 0 Å². The maximum atomic E-state index is 12.2. The first-order chi connectivity index (χ1) is 8.58. The lowest BCUT2D eigenvalue weighted by molar-refractivity contribution is -0.0504. The van der Waals surface area contributed by atoms with Crippen molar-refractivity contribution in [2.75, 3.05) is 12.4 Å². The first kappa shape index (κ1) is 14.9. The summed E-state index contributed by atoms with van der Waals surface area (Å²) in [4.78, 5) is 11.5. The molecule has 0 aliphatic heterocycles. The highest BCUT2D eigenvalue weighted by atomic mass is 79.9. The minimum atomic E-state index is -2.97. The van der Waals surface area contributed by atoms with Crippen molar-refractivity contribution in [3.8, 4) is 5.75 Å². The molecular weight excluding hydrogens is 310 g/mol. The van der Waals surface area contributed by atoms with Crippen LogP contribution in [0.25, 0.3) is 0 Å². The summed E-state index contributed by atoms with van der Waals surface area (Å²) in [5.74, 6) is -0.856. The number of aryl methyl sites for hydroxylation is 1. The molecule has 3 nitrogen and oxygen atoms in total. The number of ether oxygens (including phenoxy) is 2. The maximum Gasteiger partial charge on any atom is 0.387 e. The van der Waals surface area contributed by atoms with Gasteiger partial charge in [-0.2, -0.15) is 8.78 Å². The summed E-state index contributed by atoms with van der Waals surface area (Å²) < 4.78 is 33.2. The number of hydrogen-bond donors (Lipinski definition) is 0. The van der Waals surface area contributed by atoms with Crippen LogP contribution in [0.1, 0.15) is 22.3 Å². The van der Waals surface area contributed by atoms with Gasteiger partial charge in [0.1, 0.15) is 11.3 Å². The van der Waals surface area contributed by atoms with Crippen molar-refractivity contribution in [3.63, 3.8) is 0 Å². The number of esters is 1. The Hall–Kier alpha value is -1.17. The number of carbonyl (C=O) groups is 1. The van der Waals surface area contributed by atoms with Gasteiger partial charge in [-0.05, 0) is 30.5 Å². The molecule has 6 heteroatoms. The van der Waals surface area contributed by atoms with Gasteiger partial charge in [-0.15, -0.1) is 0 Å². The molecule has 0 N–H and O–H groups in total. The van der Waals surface area contributed by atoms with E-state index in [1.54, 1.807) is 6.07 Å². The number of carbonyl (C=O) groups excluding carboxylic acids is 1. The third-order valence-electron chi connectivity index (χ3n) is 2.26. The Balaban J connectivity index is 3.00. The molecule has 0 amide bonds. The van der Waals surface area contributed by atoms with Crippen LogP contribution >= 0.6 is 15.9 Å². The molecule has 1 aromatic carbocycles. The number of hydrogen-bond acceptors (Lipinski definition) is 3. The second-order valence-corrected chi connectivity index (χ2v) is 4.29. The fraction of sp³-hybridized carbons (Fsp3) is 0.417. The van der Waals surface area contributed by atoms with E-state index in [1.807, 2.05) is 0 Å². The minimum absolute atomic E-state index is 0.0184. The highest BCUT2D eigenvalue weighted by Crippen LogP contribution is 2.23. The van der Waals surface area contributed by atoms with Crippen LogP contribution in [0.4, 0.5) is 8.78 Å². The molecule has 0 atom stereocenters. The molecule has 0 aromatic heterocycles. The SMILES string of the molecule is COC(=O)c1cc(CCCBr)ccc1OC(F)F. The molecule has 0 saturated heterocycles. The number of alkyl halides is 3. The molecule has 0 spiro atoms. The molecule has 18 heavy (non-hydrogen) atoms. The van der Waals surface area contributed by atoms with Gasteiger partial charge in [0.15, 0.2) is 0 Å². The van der Waals surface area contributed by atoms with Crippen LogP contribution in [-0.2, 0) is 11.2 Å². The summed E-state index contributed by atoms with van der Waals surface area (Å²) in [5.41, 5.74) is 0.890. The van der Waals surface area contributed by atoms with Crippen molar-refractivity contribution in [3.05, 3.63) is 29.3 Å². The fourth-order valence-corrected chi connectivity index (χ4v) is 1.75. The highest BCUT2D eigenvalue weighted by molar-refractivity contribution is 9.09. The summed E-state index contributed by atoms with van der Waals surface area (Å²) in [6, 6.07) is 4.54. The lowest BCUT2D eigenvalue weighted by atomic mass is 10.1. The van der Waals surface area contributed by atoms with Crippen LogP contribution < -0.4 is 4.74 Å². The maximum absolute atomic E-state index is 12.2. The largest absolute Gasteiger partial charge is 0.465 e. The summed E-state index contributed by atoms with van der Waals surface area (Å²) in [6.07, 6.45) is 1.62. The van der Waals surface area contributed by atoms with Crippen LogP contribution in [0, 0.1) is 0 Å². The predicted octanol–water partition coefficient (Wildman–Crippen LogP) is 3.40. The molecular formula is C12H13BrF2O3. The molecule has 0 heterocycles. The average molecular weight is 323 g/mol. The topological polar surface area (TPSA) is 35.5 Å². The standard InChI is InChI=1S/C12H13BrF2O3/c1-17-11(16)9-7-8(3-2-6-13)4-5-10(9)18-12(14)15/h4-5,7,12H,2-3,6H2,1H3. The number of methoxy groups -OCH3 is 1. The van der Waals surface area contributed by atoms with Crippen LogP contribution in [0.15, 0.2) is 18.2 Å². The van der Waals surface area contributed by atoms with Crippen molar-refractivity contribution in [1.29, 1.82) is 0 Å². The number of rotatable bonds is 6.